The molecule has 1 saturated carbocycles. The Balaban J connectivity index is 0.00000146. The summed E-state index contributed by atoms with van der Waals surface area (Å²) < 4.78 is 10.4. The van der Waals surface area contributed by atoms with Crippen LogP contribution in [-0.2, 0) is 9.59 Å². The number of aromatic nitrogens is 2. The summed E-state index contributed by atoms with van der Waals surface area (Å²) in [5, 5.41) is 3.92. The fraction of sp³-hybridized carbons (Fsp3) is 0.500. The second-order valence-electron chi connectivity index (χ2n) is 7.04. The molecule has 3 rings (SSSR count). The third kappa shape index (κ3) is 5.31. The molecule has 2 aromatic rings. The molecule has 1 aromatic heterocycles. The Morgan fingerprint density at radius 2 is 1.80 bits per heavy atom. The van der Waals surface area contributed by atoms with Gasteiger partial charge in [-0.3, -0.25) is 9.59 Å². The first-order chi connectivity index (χ1) is 13.9. The van der Waals surface area contributed by atoms with Crippen molar-refractivity contribution < 1.29 is 23.6 Å². The van der Waals surface area contributed by atoms with Crippen LogP contribution in [0.3, 0.4) is 0 Å². The van der Waals surface area contributed by atoms with Crippen LogP contribution in [0.25, 0.3) is 11.4 Å². The maximum Gasteiger partial charge on any atom is 0.294 e. The predicted molar refractivity (Wildman–Crippen MR) is 114 cm³/mol. The molecule has 0 atom stereocenters. The van der Waals surface area contributed by atoms with Crippen molar-refractivity contribution in [3.05, 3.63) is 29.2 Å². The number of aryl methyl sites for hydroxylation is 2. The molecule has 8 nitrogen and oxygen atoms in total. The van der Waals surface area contributed by atoms with Crippen molar-refractivity contribution in [2.24, 2.45) is 0 Å². The van der Waals surface area contributed by atoms with Gasteiger partial charge in [-0.1, -0.05) is 31.8 Å². The predicted octanol–water partition coefficient (Wildman–Crippen LogP) is 3.79. The van der Waals surface area contributed by atoms with E-state index in [1.165, 1.54) is 6.42 Å². The van der Waals surface area contributed by atoms with E-state index >= 15 is 0 Å². The summed E-state index contributed by atoms with van der Waals surface area (Å²) in [6.07, 6.45) is 5.24. The van der Waals surface area contributed by atoms with Crippen molar-refractivity contribution in [1.82, 2.24) is 15.0 Å². The second-order valence-corrected chi connectivity index (χ2v) is 7.04. The van der Waals surface area contributed by atoms with Gasteiger partial charge in [0.1, 0.15) is 12.5 Å². The summed E-state index contributed by atoms with van der Waals surface area (Å²) in [4.78, 5) is 39.9. The summed E-state index contributed by atoms with van der Waals surface area (Å²) in [5.74, 6) is 0.160. The van der Waals surface area contributed by atoms with Crippen LogP contribution in [0.1, 0.15) is 61.3 Å². The number of amides is 1. The number of benzene rings is 1. The van der Waals surface area contributed by atoms with E-state index in [2.05, 4.69) is 10.1 Å². The molecule has 0 spiro atoms. The highest BCUT2D eigenvalue weighted by Crippen LogP contribution is 2.31. The molecule has 164 valence electrons. The fourth-order valence-electron chi connectivity index (χ4n) is 3.66. The van der Waals surface area contributed by atoms with Gasteiger partial charge in [0.25, 0.3) is 11.7 Å². The largest absolute Gasteiger partial charge is 0.497 e. The molecular weight excluding hydrogens is 386 g/mol. The van der Waals surface area contributed by atoms with Gasteiger partial charge < -0.3 is 19.0 Å². The van der Waals surface area contributed by atoms with Crippen LogP contribution in [0.4, 0.5) is 0 Å². The van der Waals surface area contributed by atoms with Crippen molar-refractivity contribution in [3.63, 3.8) is 0 Å². The van der Waals surface area contributed by atoms with E-state index in [4.69, 9.17) is 14.1 Å². The minimum Gasteiger partial charge on any atom is -0.497 e. The van der Waals surface area contributed by atoms with Gasteiger partial charge >= 0.3 is 0 Å². The van der Waals surface area contributed by atoms with Crippen LogP contribution in [0.2, 0.25) is 0 Å². The van der Waals surface area contributed by atoms with Crippen LogP contribution in [0.5, 0.6) is 5.75 Å². The van der Waals surface area contributed by atoms with Gasteiger partial charge in [0.05, 0.1) is 7.11 Å². The monoisotopic (exact) mass is 417 g/mol. The van der Waals surface area contributed by atoms with Gasteiger partial charge in [-0.15, -0.1) is 0 Å². The zero-order valence-corrected chi connectivity index (χ0v) is 17.4. The standard InChI is InChI=1S/C20H25N3O4.CH2O.CH4/c1-12-10-15(26-4)11-16(19-21-13(2)27-22-19)17(12)18(24)20(25)23(3)14-8-6-5-7-9-14;1-2;/h10-11,14H,5-9H2,1-4H3;1H2;1H4. The number of hydrogen-bond acceptors (Lipinski definition) is 7. The van der Waals surface area contributed by atoms with Crippen LogP contribution in [0, 0.1) is 13.8 Å². The lowest BCUT2D eigenvalue weighted by molar-refractivity contribution is -0.127. The van der Waals surface area contributed by atoms with E-state index < -0.39 is 11.7 Å². The number of nitrogens with zero attached hydrogens (tertiary/aromatic N) is 3. The summed E-state index contributed by atoms with van der Waals surface area (Å²) in [7, 11) is 3.26. The summed E-state index contributed by atoms with van der Waals surface area (Å²) in [5.41, 5.74) is 1.38. The maximum absolute atomic E-state index is 13.1. The first-order valence-corrected chi connectivity index (χ1v) is 9.52. The van der Waals surface area contributed by atoms with Crippen LogP contribution in [-0.4, -0.2) is 53.7 Å². The molecule has 0 saturated heterocycles. The topological polar surface area (TPSA) is 103 Å². The maximum atomic E-state index is 13.1. The van der Waals surface area contributed by atoms with E-state index in [9.17, 15) is 9.59 Å². The lowest BCUT2D eigenvalue weighted by atomic mass is 9.92. The lowest BCUT2D eigenvalue weighted by Crippen LogP contribution is -2.42. The number of hydrogen-bond donors (Lipinski definition) is 0. The highest BCUT2D eigenvalue weighted by Gasteiger charge is 2.31. The molecule has 0 N–H and O–H groups in total. The second kappa shape index (κ2) is 11.2. The molecule has 1 fully saturated rings. The molecule has 1 heterocycles. The number of carbonyl (C=O) groups is 3. The number of methoxy groups -OCH3 is 1. The molecule has 30 heavy (non-hydrogen) atoms. The average Bonchev–Trinajstić information content (AvgIpc) is 3.19. The van der Waals surface area contributed by atoms with Crippen LogP contribution < -0.4 is 4.74 Å². The first-order valence-electron chi connectivity index (χ1n) is 9.52. The van der Waals surface area contributed by atoms with Gasteiger partial charge in [0.15, 0.2) is 0 Å². The van der Waals surface area contributed by atoms with E-state index in [1.807, 2.05) is 6.79 Å². The highest BCUT2D eigenvalue weighted by molar-refractivity contribution is 6.44. The Morgan fingerprint density at radius 3 is 2.33 bits per heavy atom. The number of carbonyl (C=O) groups excluding carboxylic acids is 3. The Kier molecular flexibility index (Phi) is 9.36. The molecule has 0 radical (unpaired) electrons. The third-order valence-electron chi connectivity index (χ3n) is 5.18. The number of Topliss-reactive ketones (excluding diaryl/α,β-unsaturated/α-hetero) is 1. The quantitative estimate of drug-likeness (QED) is 0.539. The summed E-state index contributed by atoms with van der Waals surface area (Å²) in [6.45, 7) is 5.45. The van der Waals surface area contributed by atoms with E-state index in [0.717, 1.165) is 25.7 Å². The van der Waals surface area contributed by atoms with Crippen molar-refractivity contribution in [2.75, 3.05) is 14.2 Å². The molecular formula is C22H31N3O5. The van der Waals surface area contributed by atoms with Crippen LogP contribution in [0.15, 0.2) is 16.7 Å². The molecule has 1 aliphatic carbocycles. The number of rotatable bonds is 5. The molecule has 0 aliphatic heterocycles. The molecule has 1 aromatic carbocycles. The average molecular weight is 418 g/mol. The van der Waals surface area contributed by atoms with Gasteiger partial charge in [0.2, 0.25) is 11.7 Å². The zero-order chi connectivity index (χ0) is 21.6. The highest BCUT2D eigenvalue weighted by atomic mass is 16.5. The minimum atomic E-state index is -0.555. The molecule has 8 heteroatoms. The molecule has 1 aliphatic rings. The summed E-state index contributed by atoms with van der Waals surface area (Å²) in [6, 6.07) is 3.51. The fourth-order valence-corrected chi connectivity index (χ4v) is 3.66. The van der Waals surface area contributed by atoms with Crippen molar-refractivity contribution in [2.45, 2.75) is 59.4 Å². The smallest absolute Gasteiger partial charge is 0.294 e. The minimum absolute atomic E-state index is 0. The number of ketones is 1. The Labute approximate surface area is 177 Å². The van der Waals surface area contributed by atoms with Gasteiger partial charge in [-0.05, 0) is 37.5 Å². The first kappa shape index (κ1) is 25.0. The van der Waals surface area contributed by atoms with Gasteiger partial charge in [0, 0.05) is 31.1 Å². The Morgan fingerprint density at radius 1 is 1.17 bits per heavy atom. The SMILES string of the molecule is C.C=O.COc1cc(C)c(C(=O)C(=O)N(C)C2CCCCC2)c(-c2noc(C)n2)c1. The van der Waals surface area contributed by atoms with Crippen molar-refractivity contribution >= 4 is 18.5 Å². The van der Waals surface area contributed by atoms with E-state index in [1.54, 1.807) is 45.0 Å². The van der Waals surface area contributed by atoms with E-state index in [-0.39, 0.29) is 19.3 Å². The third-order valence-corrected chi connectivity index (χ3v) is 5.18. The Bertz CT molecular complexity index is 872. The molecule has 1 amide bonds. The number of likely N-dealkylation sites (N-methyl/N-ethyl adjacent to an activating group) is 1. The van der Waals surface area contributed by atoms with Crippen LogP contribution >= 0.6 is 0 Å². The molecule has 0 unspecified atom stereocenters. The van der Waals surface area contributed by atoms with E-state index in [0.29, 0.717) is 28.3 Å². The Hall–Kier alpha value is -3.03. The molecule has 0 bridgehead atoms. The summed E-state index contributed by atoms with van der Waals surface area (Å²) >= 11 is 0. The van der Waals surface area contributed by atoms with Crippen molar-refractivity contribution in [1.29, 1.82) is 0 Å². The van der Waals surface area contributed by atoms with Gasteiger partial charge in [-0.2, -0.15) is 4.98 Å². The number of ether oxygens (including phenoxy) is 1. The normalized spacial score (nSPS) is 13.5. The lowest BCUT2D eigenvalue weighted by Gasteiger charge is -2.31. The zero-order valence-electron chi connectivity index (χ0n) is 17.4. The van der Waals surface area contributed by atoms with Gasteiger partial charge in [-0.25, -0.2) is 0 Å². The van der Waals surface area contributed by atoms with Crippen molar-refractivity contribution in [3.8, 4) is 17.1 Å².